The summed E-state index contributed by atoms with van der Waals surface area (Å²) >= 11 is 0. The zero-order chi connectivity index (χ0) is 12.4. The molecule has 0 amide bonds. The minimum absolute atomic E-state index is 0.00644. The van der Waals surface area contributed by atoms with E-state index in [1.807, 2.05) is 43.1 Å². The highest BCUT2D eigenvalue weighted by molar-refractivity contribution is 6.02. The Morgan fingerprint density at radius 3 is 2.71 bits per heavy atom. The lowest BCUT2D eigenvalue weighted by Gasteiger charge is -2.19. The first-order valence-corrected chi connectivity index (χ1v) is 5.35. The molecule has 5 heteroatoms. The van der Waals surface area contributed by atoms with Gasteiger partial charge in [0, 0.05) is 19.0 Å². The molecule has 5 nitrogen and oxygen atoms in total. The van der Waals surface area contributed by atoms with Crippen LogP contribution in [-0.2, 0) is 0 Å². The lowest BCUT2D eigenvalue weighted by molar-refractivity contribution is 0.0690. The van der Waals surface area contributed by atoms with Crippen LogP contribution in [0.15, 0.2) is 24.3 Å². The van der Waals surface area contributed by atoms with Crippen molar-refractivity contribution in [3.63, 3.8) is 0 Å². The second kappa shape index (κ2) is 4.37. The van der Waals surface area contributed by atoms with Gasteiger partial charge >= 0.3 is 5.97 Å². The Kier molecular flexibility index (Phi) is 2.91. The number of nitrogens with zero attached hydrogens (tertiary/aromatic N) is 3. The van der Waals surface area contributed by atoms with Gasteiger partial charge in [-0.15, -0.1) is 10.2 Å². The summed E-state index contributed by atoms with van der Waals surface area (Å²) < 4.78 is 0. The Bertz CT molecular complexity index is 569. The van der Waals surface area contributed by atoms with E-state index in [9.17, 15) is 4.79 Å². The van der Waals surface area contributed by atoms with Gasteiger partial charge in [-0.1, -0.05) is 18.2 Å². The molecule has 2 aromatic rings. The van der Waals surface area contributed by atoms with E-state index in [1.54, 1.807) is 0 Å². The molecule has 1 aromatic carbocycles. The molecule has 0 bridgehead atoms. The van der Waals surface area contributed by atoms with Crippen molar-refractivity contribution in [1.82, 2.24) is 10.2 Å². The van der Waals surface area contributed by atoms with Crippen LogP contribution in [0.1, 0.15) is 17.4 Å². The van der Waals surface area contributed by atoms with E-state index in [0.29, 0.717) is 17.7 Å². The summed E-state index contributed by atoms with van der Waals surface area (Å²) in [7, 11) is 1.84. The van der Waals surface area contributed by atoms with Crippen LogP contribution in [0, 0.1) is 0 Å². The van der Waals surface area contributed by atoms with Gasteiger partial charge in [0.05, 0.1) is 11.2 Å². The molecule has 2 rings (SSSR count). The lowest BCUT2D eigenvalue weighted by atomic mass is 10.1. The van der Waals surface area contributed by atoms with Crippen LogP contribution in [0.4, 0.5) is 5.69 Å². The van der Waals surface area contributed by atoms with Crippen molar-refractivity contribution >= 4 is 22.6 Å². The van der Waals surface area contributed by atoms with Gasteiger partial charge in [-0.3, -0.25) is 0 Å². The summed E-state index contributed by atoms with van der Waals surface area (Å²) in [5.74, 6) is -1.06. The molecule has 1 heterocycles. The smallest absolute Gasteiger partial charge is 0.358 e. The minimum atomic E-state index is -1.06. The number of aromatic nitrogens is 2. The van der Waals surface area contributed by atoms with E-state index in [2.05, 4.69) is 10.2 Å². The highest BCUT2D eigenvalue weighted by Crippen LogP contribution is 2.27. The van der Waals surface area contributed by atoms with Gasteiger partial charge in [-0.2, -0.15) is 0 Å². The molecule has 0 aliphatic heterocycles. The highest BCUT2D eigenvalue weighted by Gasteiger charge is 2.18. The number of hydrogen-bond donors (Lipinski definition) is 1. The molecule has 0 saturated heterocycles. The van der Waals surface area contributed by atoms with Crippen molar-refractivity contribution in [3.05, 3.63) is 30.0 Å². The number of carboxylic acids is 1. The van der Waals surface area contributed by atoms with Gasteiger partial charge in [0.2, 0.25) is 0 Å². The molecule has 0 atom stereocenters. The molecule has 0 aliphatic rings. The predicted octanol–water partition coefficient (Wildman–Crippen LogP) is 1.78. The number of anilines is 1. The van der Waals surface area contributed by atoms with Crippen LogP contribution in [0.2, 0.25) is 0 Å². The number of carboxylic acid groups (broad SMARTS) is 1. The Hall–Kier alpha value is -2.17. The molecule has 0 fully saturated rings. The van der Waals surface area contributed by atoms with Gasteiger partial charge in [-0.05, 0) is 13.0 Å². The molecular formula is C12H13N3O2. The normalized spacial score (nSPS) is 10.5. The SMILES string of the molecule is CCN(C)c1c(C(=O)O)nnc2ccccc12. The summed E-state index contributed by atoms with van der Waals surface area (Å²) in [4.78, 5) is 13.0. The first-order chi connectivity index (χ1) is 8.15. The van der Waals surface area contributed by atoms with Crippen molar-refractivity contribution in [1.29, 1.82) is 0 Å². The molecule has 0 unspecified atom stereocenters. The fraction of sp³-hybridized carbons (Fsp3) is 0.250. The summed E-state index contributed by atoms with van der Waals surface area (Å²) in [6.07, 6.45) is 0. The first kappa shape index (κ1) is 11.3. The van der Waals surface area contributed by atoms with Gasteiger partial charge in [0.1, 0.15) is 0 Å². The zero-order valence-electron chi connectivity index (χ0n) is 9.71. The average molecular weight is 231 g/mol. The molecule has 1 N–H and O–H groups in total. The third-order valence-electron chi connectivity index (χ3n) is 2.70. The Morgan fingerprint density at radius 2 is 2.06 bits per heavy atom. The van der Waals surface area contributed by atoms with Crippen molar-refractivity contribution in [3.8, 4) is 0 Å². The zero-order valence-corrected chi connectivity index (χ0v) is 9.71. The van der Waals surface area contributed by atoms with Gasteiger partial charge in [0.15, 0.2) is 5.69 Å². The van der Waals surface area contributed by atoms with Crippen molar-refractivity contribution in [2.45, 2.75) is 6.92 Å². The lowest BCUT2D eigenvalue weighted by Crippen LogP contribution is -2.21. The van der Waals surface area contributed by atoms with Gasteiger partial charge < -0.3 is 10.0 Å². The maximum Gasteiger partial charge on any atom is 0.358 e. The summed E-state index contributed by atoms with van der Waals surface area (Å²) in [5.41, 5.74) is 1.31. The molecule has 0 radical (unpaired) electrons. The van der Waals surface area contributed by atoms with Crippen molar-refractivity contribution < 1.29 is 9.90 Å². The number of aromatic carboxylic acids is 1. The van der Waals surface area contributed by atoms with Gasteiger partial charge in [-0.25, -0.2) is 4.79 Å². The molecule has 0 aliphatic carbocycles. The van der Waals surface area contributed by atoms with Crippen LogP contribution < -0.4 is 4.90 Å². The van der Waals surface area contributed by atoms with Crippen LogP contribution in [0.5, 0.6) is 0 Å². The van der Waals surface area contributed by atoms with Crippen LogP contribution in [-0.4, -0.2) is 34.9 Å². The average Bonchev–Trinajstić information content (AvgIpc) is 2.36. The van der Waals surface area contributed by atoms with Crippen LogP contribution >= 0.6 is 0 Å². The fourth-order valence-electron chi connectivity index (χ4n) is 1.73. The van der Waals surface area contributed by atoms with E-state index in [4.69, 9.17) is 5.11 Å². The molecule has 0 spiro atoms. The quantitative estimate of drug-likeness (QED) is 0.872. The molecule has 0 saturated carbocycles. The predicted molar refractivity (Wildman–Crippen MR) is 65.4 cm³/mol. The number of benzene rings is 1. The molecule has 88 valence electrons. The summed E-state index contributed by atoms with van der Waals surface area (Å²) in [5, 5.41) is 17.7. The third-order valence-corrected chi connectivity index (χ3v) is 2.70. The monoisotopic (exact) mass is 231 g/mol. The summed E-state index contributed by atoms with van der Waals surface area (Å²) in [6, 6.07) is 7.40. The fourth-order valence-corrected chi connectivity index (χ4v) is 1.73. The topological polar surface area (TPSA) is 66.3 Å². The minimum Gasteiger partial charge on any atom is -0.476 e. The van der Waals surface area contributed by atoms with Gasteiger partial charge in [0.25, 0.3) is 0 Å². The Labute approximate surface area is 98.7 Å². The highest BCUT2D eigenvalue weighted by atomic mass is 16.4. The molecular weight excluding hydrogens is 218 g/mol. The number of hydrogen-bond acceptors (Lipinski definition) is 4. The standard InChI is InChI=1S/C12H13N3O2/c1-3-15(2)11-8-6-4-5-7-9(8)13-14-10(11)12(16)17/h4-7H,3H2,1-2H3,(H,16,17). The Balaban J connectivity index is 2.79. The Morgan fingerprint density at radius 1 is 1.35 bits per heavy atom. The second-order valence-corrected chi connectivity index (χ2v) is 3.73. The second-order valence-electron chi connectivity index (χ2n) is 3.73. The van der Waals surface area contributed by atoms with Crippen LogP contribution in [0.25, 0.3) is 10.9 Å². The van der Waals surface area contributed by atoms with E-state index in [0.717, 1.165) is 5.39 Å². The molecule has 17 heavy (non-hydrogen) atoms. The first-order valence-electron chi connectivity index (χ1n) is 5.35. The third kappa shape index (κ3) is 1.91. The van der Waals surface area contributed by atoms with Crippen LogP contribution in [0.3, 0.4) is 0 Å². The summed E-state index contributed by atoms with van der Waals surface area (Å²) in [6.45, 7) is 2.66. The van der Waals surface area contributed by atoms with E-state index >= 15 is 0 Å². The number of rotatable bonds is 3. The molecule has 1 aromatic heterocycles. The maximum atomic E-state index is 11.2. The maximum absolute atomic E-state index is 11.2. The number of fused-ring (bicyclic) bond motifs is 1. The van der Waals surface area contributed by atoms with E-state index in [-0.39, 0.29) is 5.69 Å². The largest absolute Gasteiger partial charge is 0.476 e. The van der Waals surface area contributed by atoms with Crippen molar-refractivity contribution in [2.75, 3.05) is 18.5 Å². The number of carbonyl (C=O) groups is 1. The van der Waals surface area contributed by atoms with E-state index in [1.165, 1.54) is 0 Å². The van der Waals surface area contributed by atoms with E-state index < -0.39 is 5.97 Å². The van der Waals surface area contributed by atoms with Crippen molar-refractivity contribution in [2.24, 2.45) is 0 Å².